The molecule has 1 aromatic rings. The van der Waals surface area contributed by atoms with E-state index >= 15 is 0 Å². The predicted octanol–water partition coefficient (Wildman–Crippen LogP) is 4.01. The molecule has 1 aromatic carbocycles. The van der Waals surface area contributed by atoms with Crippen LogP contribution in [0.1, 0.15) is 45.6 Å². The summed E-state index contributed by atoms with van der Waals surface area (Å²) < 4.78 is 0. The number of hydrogen-bond acceptors (Lipinski definition) is 1. The van der Waals surface area contributed by atoms with Gasteiger partial charge in [0, 0.05) is 12.8 Å². The first-order chi connectivity index (χ1) is 7.47. The minimum absolute atomic E-state index is 0.266. The van der Waals surface area contributed by atoms with Crippen LogP contribution in [-0.2, 0) is 11.2 Å². The lowest BCUT2D eigenvalue weighted by atomic mass is 9.89. The van der Waals surface area contributed by atoms with E-state index in [0.717, 1.165) is 19.3 Å². The molecule has 0 N–H and O–H groups in total. The van der Waals surface area contributed by atoms with Gasteiger partial charge in [-0.1, -0.05) is 51.1 Å². The van der Waals surface area contributed by atoms with Crippen molar-refractivity contribution in [3.05, 3.63) is 35.9 Å². The van der Waals surface area contributed by atoms with E-state index < -0.39 is 0 Å². The van der Waals surface area contributed by atoms with Crippen molar-refractivity contribution in [3.8, 4) is 0 Å². The van der Waals surface area contributed by atoms with Crippen LogP contribution in [0.3, 0.4) is 0 Å². The van der Waals surface area contributed by atoms with Crippen molar-refractivity contribution in [1.29, 1.82) is 0 Å². The van der Waals surface area contributed by atoms with E-state index in [1.165, 1.54) is 5.56 Å². The van der Waals surface area contributed by atoms with Crippen LogP contribution in [-0.4, -0.2) is 5.78 Å². The molecule has 0 saturated heterocycles. The van der Waals surface area contributed by atoms with Crippen LogP contribution in [0, 0.1) is 5.41 Å². The molecular weight excluding hydrogens is 196 g/mol. The van der Waals surface area contributed by atoms with E-state index in [0.29, 0.717) is 12.2 Å². The van der Waals surface area contributed by atoms with Gasteiger partial charge in [-0.2, -0.15) is 0 Å². The number of Topliss-reactive ketones (excluding diaryl/α,β-unsaturated/α-hetero) is 1. The highest BCUT2D eigenvalue weighted by Crippen LogP contribution is 2.21. The number of ketones is 1. The Morgan fingerprint density at radius 1 is 1.06 bits per heavy atom. The third kappa shape index (κ3) is 5.69. The lowest BCUT2D eigenvalue weighted by molar-refractivity contribution is -0.119. The van der Waals surface area contributed by atoms with Crippen molar-refractivity contribution in [1.82, 2.24) is 0 Å². The Morgan fingerprint density at radius 3 is 2.25 bits per heavy atom. The van der Waals surface area contributed by atoms with Crippen LogP contribution < -0.4 is 0 Å². The van der Waals surface area contributed by atoms with E-state index in [-0.39, 0.29) is 5.41 Å². The molecule has 0 heterocycles. The van der Waals surface area contributed by atoms with E-state index in [4.69, 9.17) is 0 Å². The van der Waals surface area contributed by atoms with Crippen molar-refractivity contribution in [3.63, 3.8) is 0 Å². The molecule has 0 aliphatic heterocycles. The zero-order valence-electron chi connectivity index (χ0n) is 10.6. The Kier molecular flexibility index (Phi) is 4.72. The lowest BCUT2D eigenvalue weighted by Crippen LogP contribution is -2.09. The Morgan fingerprint density at radius 2 is 1.69 bits per heavy atom. The standard InChI is InChI=1S/C15H22O/c1-15(2,3)12-11-14(16)10-9-13-7-5-4-6-8-13/h4-8H,9-12H2,1-3H3. The van der Waals surface area contributed by atoms with Crippen LogP contribution in [0.15, 0.2) is 30.3 Å². The number of carbonyl (C=O) groups is 1. The Balaban J connectivity index is 2.26. The van der Waals surface area contributed by atoms with Crippen LogP contribution in [0.5, 0.6) is 0 Å². The third-order valence-electron chi connectivity index (χ3n) is 2.69. The van der Waals surface area contributed by atoms with Crippen molar-refractivity contribution < 1.29 is 4.79 Å². The van der Waals surface area contributed by atoms with Crippen LogP contribution in [0.2, 0.25) is 0 Å². The molecule has 0 radical (unpaired) electrons. The second-order valence-corrected chi connectivity index (χ2v) is 5.58. The summed E-state index contributed by atoms with van der Waals surface area (Å²) >= 11 is 0. The zero-order chi connectivity index (χ0) is 12.0. The van der Waals surface area contributed by atoms with Gasteiger partial charge in [0.25, 0.3) is 0 Å². The maximum Gasteiger partial charge on any atom is 0.133 e. The molecule has 0 aliphatic rings. The van der Waals surface area contributed by atoms with E-state index in [9.17, 15) is 4.79 Å². The summed E-state index contributed by atoms with van der Waals surface area (Å²) in [5, 5.41) is 0. The Labute approximate surface area is 98.9 Å². The average molecular weight is 218 g/mol. The first kappa shape index (κ1) is 13.0. The molecule has 0 fully saturated rings. The maximum absolute atomic E-state index is 11.7. The summed E-state index contributed by atoms with van der Waals surface area (Å²) in [4.78, 5) is 11.7. The van der Waals surface area contributed by atoms with Crippen molar-refractivity contribution in [2.75, 3.05) is 0 Å². The predicted molar refractivity (Wildman–Crippen MR) is 68.5 cm³/mol. The summed E-state index contributed by atoms with van der Waals surface area (Å²) in [6, 6.07) is 10.2. The first-order valence-corrected chi connectivity index (χ1v) is 6.03. The van der Waals surface area contributed by atoms with E-state index in [2.05, 4.69) is 32.9 Å². The summed E-state index contributed by atoms with van der Waals surface area (Å²) in [5.74, 6) is 0.388. The Hall–Kier alpha value is -1.11. The highest BCUT2D eigenvalue weighted by Gasteiger charge is 2.12. The Bertz CT molecular complexity index is 319. The monoisotopic (exact) mass is 218 g/mol. The zero-order valence-corrected chi connectivity index (χ0v) is 10.6. The van der Waals surface area contributed by atoms with Crippen molar-refractivity contribution in [2.45, 2.75) is 46.5 Å². The fraction of sp³-hybridized carbons (Fsp3) is 0.533. The summed E-state index contributed by atoms with van der Waals surface area (Å²) in [7, 11) is 0. The molecule has 0 amide bonds. The van der Waals surface area contributed by atoms with Crippen molar-refractivity contribution in [2.24, 2.45) is 5.41 Å². The molecule has 1 heteroatoms. The molecular formula is C15H22O. The largest absolute Gasteiger partial charge is 0.300 e. The highest BCUT2D eigenvalue weighted by molar-refractivity contribution is 5.78. The first-order valence-electron chi connectivity index (χ1n) is 6.03. The molecule has 16 heavy (non-hydrogen) atoms. The van der Waals surface area contributed by atoms with Gasteiger partial charge in [0.15, 0.2) is 0 Å². The highest BCUT2D eigenvalue weighted by atomic mass is 16.1. The lowest BCUT2D eigenvalue weighted by Gasteiger charge is -2.16. The number of aryl methyl sites for hydroxylation is 1. The summed E-state index contributed by atoms with van der Waals surface area (Å²) in [6.07, 6.45) is 3.26. The normalized spacial score (nSPS) is 11.4. The van der Waals surface area contributed by atoms with Gasteiger partial charge in [-0.15, -0.1) is 0 Å². The summed E-state index contributed by atoms with van der Waals surface area (Å²) in [6.45, 7) is 6.53. The van der Waals surface area contributed by atoms with Crippen LogP contribution >= 0.6 is 0 Å². The summed E-state index contributed by atoms with van der Waals surface area (Å²) in [5.41, 5.74) is 1.52. The van der Waals surface area contributed by atoms with Gasteiger partial charge in [-0.05, 0) is 23.8 Å². The molecule has 0 aromatic heterocycles. The van der Waals surface area contributed by atoms with Crippen molar-refractivity contribution >= 4 is 5.78 Å². The molecule has 0 atom stereocenters. The average Bonchev–Trinajstić information content (AvgIpc) is 2.24. The molecule has 88 valence electrons. The van der Waals surface area contributed by atoms with Gasteiger partial charge in [-0.25, -0.2) is 0 Å². The topological polar surface area (TPSA) is 17.1 Å². The number of hydrogen-bond donors (Lipinski definition) is 0. The molecule has 0 spiro atoms. The van der Waals surface area contributed by atoms with E-state index in [1.807, 2.05) is 18.2 Å². The maximum atomic E-state index is 11.7. The van der Waals surface area contributed by atoms with Gasteiger partial charge < -0.3 is 0 Å². The second kappa shape index (κ2) is 5.83. The van der Waals surface area contributed by atoms with Crippen LogP contribution in [0.25, 0.3) is 0 Å². The molecule has 1 nitrogen and oxygen atoms in total. The molecule has 0 aliphatic carbocycles. The SMILES string of the molecule is CC(C)(C)CCC(=O)CCc1ccccc1. The molecule has 0 bridgehead atoms. The molecule has 1 rings (SSSR count). The second-order valence-electron chi connectivity index (χ2n) is 5.58. The smallest absolute Gasteiger partial charge is 0.133 e. The molecule has 0 unspecified atom stereocenters. The fourth-order valence-electron chi connectivity index (χ4n) is 1.57. The van der Waals surface area contributed by atoms with Gasteiger partial charge in [0.05, 0.1) is 0 Å². The van der Waals surface area contributed by atoms with Gasteiger partial charge in [-0.3, -0.25) is 4.79 Å². The quantitative estimate of drug-likeness (QED) is 0.729. The number of carbonyl (C=O) groups excluding carboxylic acids is 1. The minimum Gasteiger partial charge on any atom is -0.300 e. The minimum atomic E-state index is 0.266. The number of rotatable bonds is 5. The number of benzene rings is 1. The van der Waals surface area contributed by atoms with Crippen LogP contribution in [0.4, 0.5) is 0 Å². The van der Waals surface area contributed by atoms with Gasteiger partial charge in [0.1, 0.15) is 5.78 Å². The fourth-order valence-corrected chi connectivity index (χ4v) is 1.57. The molecule has 0 saturated carbocycles. The van der Waals surface area contributed by atoms with Gasteiger partial charge in [0.2, 0.25) is 0 Å². The van der Waals surface area contributed by atoms with Gasteiger partial charge >= 0.3 is 0 Å². The van der Waals surface area contributed by atoms with E-state index in [1.54, 1.807) is 0 Å². The third-order valence-corrected chi connectivity index (χ3v) is 2.69.